The van der Waals surface area contributed by atoms with Gasteiger partial charge in [0.15, 0.2) is 0 Å². The molecule has 0 heterocycles. The van der Waals surface area contributed by atoms with Crippen molar-refractivity contribution in [2.75, 3.05) is 7.11 Å². The van der Waals surface area contributed by atoms with Gasteiger partial charge in [0, 0.05) is 10.6 Å². The largest absolute Gasteiger partial charge is 0.496 e. The van der Waals surface area contributed by atoms with Gasteiger partial charge in [0.1, 0.15) is 5.75 Å². The van der Waals surface area contributed by atoms with E-state index in [1.165, 1.54) is 25.7 Å². The second-order valence-corrected chi connectivity index (χ2v) is 6.54. The summed E-state index contributed by atoms with van der Waals surface area (Å²) >= 11 is 6.10. The molecule has 0 aliphatic heterocycles. The average Bonchev–Trinajstić information content (AvgIpc) is 2.85. The van der Waals surface area contributed by atoms with Gasteiger partial charge in [-0.05, 0) is 49.3 Å². The number of nitriles is 1. The Kier molecular flexibility index (Phi) is 2.98. The van der Waals surface area contributed by atoms with E-state index in [0.717, 1.165) is 24.2 Å². The monoisotopic (exact) mass is 275 g/mol. The molecule has 19 heavy (non-hydrogen) atoms. The van der Waals surface area contributed by atoms with Gasteiger partial charge in [0.2, 0.25) is 0 Å². The molecule has 2 fully saturated rings. The number of hydrogen-bond acceptors (Lipinski definition) is 2. The van der Waals surface area contributed by atoms with Crippen LogP contribution in [0.1, 0.15) is 44.1 Å². The van der Waals surface area contributed by atoms with E-state index in [-0.39, 0.29) is 5.41 Å². The fourth-order valence-electron chi connectivity index (χ4n) is 4.09. The highest BCUT2D eigenvalue weighted by atomic mass is 35.5. The first kappa shape index (κ1) is 12.8. The van der Waals surface area contributed by atoms with Crippen LogP contribution in [0.15, 0.2) is 18.2 Å². The normalized spacial score (nSPS) is 22.8. The van der Waals surface area contributed by atoms with Gasteiger partial charge in [-0.25, -0.2) is 0 Å². The summed E-state index contributed by atoms with van der Waals surface area (Å²) in [5.41, 5.74) is 1.01. The van der Waals surface area contributed by atoms with E-state index in [9.17, 15) is 5.26 Å². The third-order valence-electron chi connectivity index (χ3n) is 4.91. The van der Waals surface area contributed by atoms with Crippen LogP contribution in [-0.4, -0.2) is 7.11 Å². The van der Waals surface area contributed by atoms with Gasteiger partial charge in [0.25, 0.3) is 0 Å². The summed E-state index contributed by atoms with van der Waals surface area (Å²) in [6.07, 6.45) is 7.11. The van der Waals surface area contributed by atoms with Gasteiger partial charge < -0.3 is 4.74 Å². The Morgan fingerprint density at radius 3 is 2.53 bits per heavy atom. The summed E-state index contributed by atoms with van der Waals surface area (Å²) in [5, 5.41) is 10.4. The van der Waals surface area contributed by atoms with E-state index in [4.69, 9.17) is 16.3 Å². The standard InChI is InChI=1S/C16H18ClNO/c1-19-14-5-4-12(17)8-13(14)16(11-18)9-15(10-16)6-2-3-7-15/h4-5,8H,2-3,6-7,9-10H2,1H3. The smallest absolute Gasteiger partial charge is 0.123 e. The maximum atomic E-state index is 9.70. The Labute approximate surface area is 119 Å². The minimum absolute atomic E-state index is 0.388. The summed E-state index contributed by atoms with van der Waals surface area (Å²) in [6, 6.07) is 8.14. The number of benzene rings is 1. The van der Waals surface area contributed by atoms with Crippen LogP contribution in [0.2, 0.25) is 5.02 Å². The Morgan fingerprint density at radius 1 is 1.26 bits per heavy atom. The number of ether oxygens (including phenoxy) is 1. The molecule has 0 N–H and O–H groups in total. The second kappa shape index (κ2) is 4.42. The van der Waals surface area contributed by atoms with Crippen molar-refractivity contribution >= 4 is 11.6 Å². The van der Waals surface area contributed by atoms with Crippen LogP contribution in [0, 0.1) is 16.7 Å². The number of nitrogens with zero attached hydrogens (tertiary/aromatic N) is 1. The van der Waals surface area contributed by atoms with Gasteiger partial charge in [0.05, 0.1) is 18.6 Å². The molecule has 2 aliphatic rings. The van der Waals surface area contributed by atoms with Crippen LogP contribution in [0.4, 0.5) is 0 Å². The molecular formula is C16H18ClNO. The first-order valence-corrected chi connectivity index (χ1v) is 7.26. The molecular weight excluding hydrogens is 258 g/mol. The molecule has 2 saturated carbocycles. The van der Waals surface area contributed by atoms with Crippen molar-refractivity contribution in [1.82, 2.24) is 0 Å². The van der Waals surface area contributed by atoms with E-state index in [1.54, 1.807) is 7.11 Å². The molecule has 0 atom stereocenters. The van der Waals surface area contributed by atoms with Crippen LogP contribution in [0.3, 0.4) is 0 Å². The van der Waals surface area contributed by atoms with Crippen molar-refractivity contribution < 1.29 is 4.74 Å². The maximum Gasteiger partial charge on any atom is 0.123 e. The molecule has 100 valence electrons. The van der Waals surface area contributed by atoms with Crippen LogP contribution in [-0.2, 0) is 5.41 Å². The molecule has 0 aromatic heterocycles. The predicted octanol–water partition coefficient (Wildman–Crippen LogP) is 4.46. The molecule has 3 rings (SSSR count). The number of methoxy groups -OCH3 is 1. The molecule has 0 unspecified atom stereocenters. The minimum atomic E-state index is -0.388. The highest BCUT2D eigenvalue weighted by Crippen LogP contribution is 2.63. The molecule has 3 heteroatoms. The predicted molar refractivity (Wildman–Crippen MR) is 75.4 cm³/mol. The molecule has 1 spiro atoms. The minimum Gasteiger partial charge on any atom is -0.496 e. The van der Waals surface area contributed by atoms with E-state index >= 15 is 0 Å². The van der Waals surface area contributed by atoms with E-state index in [0.29, 0.717) is 10.4 Å². The third-order valence-corrected chi connectivity index (χ3v) is 5.14. The molecule has 2 nitrogen and oxygen atoms in total. The van der Waals surface area contributed by atoms with Crippen molar-refractivity contribution in [3.63, 3.8) is 0 Å². The van der Waals surface area contributed by atoms with E-state index < -0.39 is 0 Å². The highest BCUT2D eigenvalue weighted by Gasteiger charge is 2.57. The molecule has 1 aromatic carbocycles. The maximum absolute atomic E-state index is 9.70. The topological polar surface area (TPSA) is 33.0 Å². The fraction of sp³-hybridized carbons (Fsp3) is 0.562. The van der Waals surface area contributed by atoms with Gasteiger partial charge in [-0.1, -0.05) is 24.4 Å². The zero-order valence-corrected chi connectivity index (χ0v) is 12.0. The molecule has 0 bridgehead atoms. The molecule has 0 amide bonds. The van der Waals surface area contributed by atoms with Crippen LogP contribution in [0.25, 0.3) is 0 Å². The summed E-state index contributed by atoms with van der Waals surface area (Å²) < 4.78 is 5.43. The SMILES string of the molecule is COc1ccc(Cl)cc1C1(C#N)CC2(CCCC2)C1. The van der Waals surface area contributed by atoms with E-state index in [1.807, 2.05) is 18.2 Å². The first-order valence-electron chi connectivity index (χ1n) is 6.88. The molecule has 2 aliphatic carbocycles. The van der Waals surface area contributed by atoms with Gasteiger partial charge in [-0.15, -0.1) is 0 Å². The van der Waals surface area contributed by atoms with Gasteiger partial charge in [-0.3, -0.25) is 0 Å². The average molecular weight is 276 g/mol. The van der Waals surface area contributed by atoms with Crippen LogP contribution in [0.5, 0.6) is 5.75 Å². The molecule has 0 radical (unpaired) electrons. The van der Waals surface area contributed by atoms with Crippen LogP contribution < -0.4 is 4.74 Å². The zero-order valence-electron chi connectivity index (χ0n) is 11.2. The summed E-state index contributed by atoms with van der Waals surface area (Å²) in [4.78, 5) is 0. The number of hydrogen-bond donors (Lipinski definition) is 0. The summed E-state index contributed by atoms with van der Waals surface area (Å²) in [7, 11) is 1.65. The van der Waals surface area contributed by atoms with Crippen LogP contribution >= 0.6 is 11.6 Å². The number of halogens is 1. The second-order valence-electron chi connectivity index (χ2n) is 6.10. The highest BCUT2D eigenvalue weighted by molar-refractivity contribution is 6.30. The van der Waals surface area contributed by atoms with Gasteiger partial charge in [-0.2, -0.15) is 5.26 Å². The van der Waals surface area contributed by atoms with Crippen molar-refractivity contribution in [3.8, 4) is 11.8 Å². The third kappa shape index (κ3) is 1.92. The lowest BCUT2D eigenvalue weighted by Gasteiger charge is -2.51. The lowest BCUT2D eigenvalue weighted by Crippen LogP contribution is -2.47. The fourth-order valence-corrected chi connectivity index (χ4v) is 4.26. The molecule has 0 saturated heterocycles. The van der Waals surface area contributed by atoms with Crippen molar-refractivity contribution in [3.05, 3.63) is 28.8 Å². The lowest BCUT2D eigenvalue weighted by molar-refractivity contribution is 0.0632. The Balaban J connectivity index is 1.96. The summed E-state index contributed by atoms with van der Waals surface area (Å²) in [6.45, 7) is 0. The number of rotatable bonds is 2. The van der Waals surface area contributed by atoms with E-state index in [2.05, 4.69) is 6.07 Å². The lowest BCUT2D eigenvalue weighted by atomic mass is 9.50. The Morgan fingerprint density at radius 2 is 1.95 bits per heavy atom. The van der Waals surface area contributed by atoms with Crippen molar-refractivity contribution in [2.24, 2.45) is 5.41 Å². The summed E-state index contributed by atoms with van der Waals surface area (Å²) in [5.74, 6) is 0.791. The Hall–Kier alpha value is -1.20. The van der Waals surface area contributed by atoms with Crippen molar-refractivity contribution in [1.29, 1.82) is 5.26 Å². The quantitative estimate of drug-likeness (QED) is 0.798. The molecule has 1 aromatic rings. The van der Waals surface area contributed by atoms with Gasteiger partial charge >= 0.3 is 0 Å². The Bertz CT molecular complexity index is 532. The van der Waals surface area contributed by atoms with Crippen molar-refractivity contribution in [2.45, 2.75) is 43.9 Å². The zero-order chi connectivity index (χ0) is 13.5. The first-order chi connectivity index (χ1) is 9.13.